The number of carbonyl (C=O) groups is 1. The average molecular weight is 410 g/mol. The van der Waals surface area contributed by atoms with Crippen molar-refractivity contribution in [2.45, 2.75) is 11.4 Å². The molecule has 2 aromatic carbocycles. The van der Waals surface area contributed by atoms with Gasteiger partial charge in [0.2, 0.25) is 5.91 Å². The first-order valence-corrected chi connectivity index (χ1v) is 11.4. The van der Waals surface area contributed by atoms with Gasteiger partial charge in [0, 0.05) is 51.2 Å². The molecular weight excluding hydrogens is 378 g/mol. The van der Waals surface area contributed by atoms with Crippen molar-refractivity contribution in [1.82, 2.24) is 14.7 Å². The summed E-state index contributed by atoms with van der Waals surface area (Å²) in [6.45, 7) is 6.04. The number of hydrogen-bond acceptors (Lipinski definition) is 4. The molecule has 3 rings (SSSR count). The van der Waals surface area contributed by atoms with Crippen LogP contribution in [0, 0.1) is 0 Å². The fourth-order valence-corrected chi connectivity index (χ4v) is 3.85. The number of rotatable bonds is 8. The zero-order valence-electron chi connectivity index (χ0n) is 17.5. The van der Waals surface area contributed by atoms with Crippen molar-refractivity contribution in [2.75, 3.05) is 52.6 Å². The molecule has 0 saturated carbocycles. The standard InChI is InChI=1S/C24H31N3OS/c1-25(19-22-10-12-23(29-2)13-11-22)24(28)20-27-17-15-26(16-18-27)14-6-9-21-7-4-3-5-8-21/h3-13H,14-20H2,1-2H3/b9-6+. The van der Waals surface area contributed by atoms with E-state index < -0.39 is 0 Å². The molecule has 1 aliphatic rings. The van der Waals surface area contributed by atoms with Crippen LogP contribution < -0.4 is 0 Å². The summed E-state index contributed by atoms with van der Waals surface area (Å²) in [7, 11) is 1.90. The van der Waals surface area contributed by atoms with E-state index in [-0.39, 0.29) is 5.91 Å². The number of thioether (sulfide) groups is 1. The topological polar surface area (TPSA) is 26.8 Å². The van der Waals surface area contributed by atoms with Gasteiger partial charge in [-0.25, -0.2) is 0 Å². The maximum Gasteiger partial charge on any atom is 0.236 e. The Morgan fingerprint density at radius 1 is 1.00 bits per heavy atom. The van der Waals surface area contributed by atoms with Crippen molar-refractivity contribution in [2.24, 2.45) is 0 Å². The molecule has 1 heterocycles. The number of likely N-dealkylation sites (N-methyl/N-ethyl adjacent to an activating group) is 1. The van der Waals surface area contributed by atoms with E-state index in [2.05, 4.69) is 76.7 Å². The molecule has 0 N–H and O–H groups in total. The van der Waals surface area contributed by atoms with Gasteiger partial charge in [0.15, 0.2) is 0 Å². The van der Waals surface area contributed by atoms with E-state index in [4.69, 9.17) is 0 Å². The van der Waals surface area contributed by atoms with E-state index in [1.54, 1.807) is 11.8 Å². The summed E-state index contributed by atoms with van der Waals surface area (Å²) in [4.78, 5) is 20.4. The maximum atomic E-state index is 12.6. The van der Waals surface area contributed by atoms with Gasteiger partial charge < -0.3 is 4.90 Å². The molecule has 1 fully saturated rings. The van der Waals surface area contributed by atoms with Crippen molar-refractivity contribution in [1.29, 1.82) is 0 Å². The van der Waals surface area contributed by atoms with E-state index in [1.807, 2.05) is 18.0 Å². The predicted molar refractivity (Wildman–Crippen MR) is 123 cm³/mol. The molecule has 1 saturated heterocycles. The number of piperazine rings is 1. The molecule has 0 aliphatic carbocycles. The average Bonchev–Trinajstić information content (AvgIpc) is 2.76. The van der Waals surface area contributed by atoms with E-state index in [9.17, 15) is 4.79 Å². The Bertz CT molecular complexity index is 784. The molecule has 5 heteroatoms. The number of nitrogens with zero attached hydrogens (tertiary/aromatic N) is 3. The van der Waals surface area contributed by atoms with Gasteiger partial charge in [-0.05, 0) is 29.5 Å². The predicted octanol–water partition coefficient (Wildman–Crippen LogP) is 3.70. The molecule has 0 aromatic heterocycles. The summed E-state index contributed by atoms with van der Waals surface area (Å²) >= 11 is 1.73. The van der Waals surface area contributed by atoms with E-state index >= 15 is 0 Å². The van der Waals surface area contributed by atoms with Crippen LogP contribution in [0.4, 0.5) is 0 Å². The highest BCUT2D eigenvalue weighted by molar-refractivity contribution is 7.98. The number of hydrogen-bond donors (Lipinski definition) is 0. The first-order valence-electron chi connectivity index (χ1n) is 10.2. The Kier molecular flexibility index (Phi) is 8.35. The van der Waals surface area contributed by atoms with Crippen LogP contribution in [0.5, 0.6) is 0 Å². The Hall–Kier alpha value is -2.08. The molecule has 2 aromatic rings. The summed E-state index contributed by atoms with van der Waals surface area (Å²) in [6.07, 6.45) is 6.48. The van der Waals surface area contributed by atoms with Crippen molar-refractivity contribution in [3.05, 3.63) is 71.8 Å². The summed E-state index contributed by atoms with van der Waals surface area (Å²) < 4.78 is 0. The SMILES string of the molecule is CSc1ccc(CN(C)C(=O)CN2CCN(C/C=C/c3ccccc3)CC2)cc1. The van der Waals surface area contributed by atoms with Crippen LogP contribution in [0.1, 0.15) is 11.1 Å². The van der Waals surface area contributed by atoms with E-state index in [0.717, 1.165) is 32.7 Å². The van der Waals surface area contributed by atoms with Crippen molar-refractivity contribution in [3.8, 4) is 0 Å². The summed E-state index contributed by atoms with van der Waals surface area (Å²) in [5.74, 6) is 0.191. The highest BCUT2D eigenvalue weighted by Crippen LogP contribution is 2.15. The van der Waals surface area contributed by atoms with Crippen molar-refractivity contribution >= 4 is 23.7 Å². The zero-order valence-corrected chi connectivity index (χ0v) is 18.3. The van der Waals surface area contributed by atoms with Gasteiger partial charge in [-0.3, -0.25) is 14.6 Å². The van der Waals surface area contributed by atoms with Crippen LogP contribution in [-0.2, 0) is 11.3 Å². The van der Waals surface area contributed by atoms with Gasteiger partial charge in [0.05, 0.1) is 6.54 Å². The lowest BCUT2D eigenvalue weighted by atomic mass is 10.2. The molecule has 0 bridgehead atoms. The Labute approximate surface area is 179 Å². The smallest absolute Gasteiger partial charge is 0.236 e. The fraction of sp³-hybridized carbons (Fsp3) is 0.375. The molecule has 4 nitrogen and oxygen atoms in total. The van der Waals surface area contributed by atoms with Crippen LogP contribution in [-0.4, -0.2) is 73.2 Å². The molecule has 154 valence electrons. The quantitative estimate of drug-likeness (QED) is 0.621. The fourth-order valence-electron chi connectivity index (χ4n) is 3.44. The van der Waals surface area contributed by atoms with E-state index in [0.29, 0.717) is 13.1 Å². The van der Waals surface area contributed by atoms with Crippen LogP contribution in [0.3, 0.4) is 0 Å². The lowest BCUT2D eigenvalue weighted by molar-refractivity contribution is -0.132. The molecule has 1 amide bonds. The van der Waals surface area contributed by atoms with Crippen molar-refractivity contribution < 1.29 is 4.79 Å². The van der Waals surface area contributed by atoms with Gasteiger partial charge in [-0.15, -0.1) is 11.8 Å². The molecule has 0 radical (unpaired) electrons. The minimum absolute atomic E-state index is 0.191. The lowest BCUT2D eigenvalue weighted by Crippen LogP contribution is -2.49. The number of benzene rings is 2. The third kappa shape index (κ3) is 7.03. The molecule has 29 heavy (non-hydrogen) atoms. The third-order valence-corrected chi connectivity index (χ3v) is 6.05. The number of amides is 1. The maximum absolute atomic E-state index is 12.6. The summed E-state index contributed by atoms with van der Waals surface area (Å²) in [5.41, 5.74) is 2.41. The first kappa shape index (κ1) is 21.6. The zero-order chi connectivity index (χ0) is 20.5. The Morgan fingerprint density at radius 3 is 2.31 bits per heavy atom. The lowest BCUT2D eigenvalue weighted by Gasteiger charge is -2.34. The second kappa shape index (κ2) is 11.2. The largest absolute Gasteiger partial charge is 0.340 e. The van der Waals surface area contributed by atoms with Gasteiger partial charge in [0.1, 0.15) is 0 Å². The van der Waals surface area contributed by atoms with Crippen LogP contribution in [0.15, 0.2) is 65.6 Å². The molecule has 0 unspecified atom stereocenters. The Morgan fingerprint density at radius 2 is 1.66 bits per heavy atom. The highest BCUT2D eigenvalue weighted by Gasteiger charge is 2.20. The minimum Gasteiger partial charge on any atom is -0.340 e. The second-order valence-electron chi connectivity index (χ2n) is 7.49. The van der Waals surface area contributed by atoms with Crippen LogP contribution in [0.25, 0.3) is 6.08 Å². The summed E-state index contributed by atoms with van der Waals surface area (Å²) in [6, 6.07) is 18.8. The van der Waals surface area contributed by atoms with Gasteiger partial charge in [0.25, 0.3) is 0 Å². The molecule has 1 aliphatic heterocycles. The van der Waals surface area contributed by atoms with Crippen LogP contribution >= 0.6 is 11.8 Å². The monoisotopic (exact) mass is 409 g/mol. The van der Waals surface area contributed by atoms with Crippen LogP contribution in [0.2, 0.25) is 0 Å². The number of carbonyl (C=O) groups excluding carboxylic acids is 1. The minimum atomic E-state index is 0.191. The molecule has 0 spiro atoms. The normalized spacial score (nSPS) is 15.7. The van der Waals surface area contributed by atoms with Gasteiger partial charge in [-0.2, -0.15) is 0 Å². The third-order valence-electron chi connectivity index (χ3n) is 5.30. The van der Waals surface area contributed by atoms with Gasteiger partial charge >= 0.3 is 0 Å². The van der Waals surface area contributed by atoms with E-state index in [1.165, 1.54) is 16.0 Å². The van der Waals surface area contributed by atoms with Crippen molar-refractivity contribution in [3.63, 3.8) is 0 Å². The Balaban J connectivity index is 1.38. The first-order chi connectivity index (χ1) is 14.1. The molecule has 0 atom stereocenters. The highest BCUT2D eigenvalue weighted by atomic mass is 32.2. The summed E-state index contributed by atoms with van der Waals surface area (Å²) in [5, 5.41) is 0. The van der Waals surface area contributed by atoms with Gasteiger partial charge in [-0.1, -0.05) is 54.6 Å². The molecular formula is C24H31N3OS. The second-order valence-corrected chi connectivity index (χ2v) is 8.37.